The Labute approximate surface area is 197 Å². The number of nitrogens with zero attached hydrogens (tertiary/aromatic N) is 1. The number of aromatic hydroxyl groups is 1. The number of aliphatic hydroxyl groups is 3. The number of para-hydroxylation sites is 1. The van der Waals surface area contributed by atoms with Crippen molar-refractivity contribution in [3.63, 3.8) is 0 Å². The molecule has 3 aromatic carbocycles. The zero-order valence-corrected chi connectivity index (χ0v) is 18.5. The normalized spacial score (nSPS) is 26.9. The molecule has 3 aromatic rings. The molecule has 0 radical (unpaired) electrons. The first-order chi connectivity index (χ1) is 16.5. The van der Waals surface area contributed by atoms with Gasteiger partial charge in [-0.05, 0) is 34.9 Å². The fourth-order valence-electron chi connectivity index (χ4n) is 4.79. The number of hydrogen-bond donors (Lipinski definition) is 4. The van der Waals surface area contributed by atoms with Crippen LogP contribution in [0.5, 0.6) is 5.75 Å². The minimum absolute atomic E-state index is 0.0290. The number of aliphatic hydroxyl groups excluding tert-OH is 3. The van der Waals surface area contributed by atoms with E-state index in [1.807, 2.05) is 66.7 Å². The zero-order chi connectivity index (χ0) is 23.8. The van der Waals surface area contributed by atoms with Crippen molar-refractivity contribution in [2.24, 2.45) is 0 Å². The van der Waals surface area contributed by atoms with Crippen LogP contribution in [0, 0.1) is 0 Å². The molecule has 2 heterocycles. The highest BCUT2D eigenvalue weighted by molar-refractivity contribution is 6.01. The molecule has 7 heteroatoms. The van der Waals surface area contributed by atoms with Gasteiger partial charge in [0.25, 0.3) is 0 Å². The van der Waals surface area contributed by atoms with Crippen molar-refractivity contribution in [2.45, 2.75) is 43.3 Å². The van der Waals surface area contributed by atoms with Gasteiger partial charge in [0.15, 0.2) is 0 Å². The van der Waals surface area contributed by atoms with E-state index < -0.39 is 24.4 Å². The number of amides is 1. The second kappa shape index (κ2) is 9.19. The van der Waals surface area contributed by atoms with Crippen LogP contribution in [0.2, 0.25) is 0 Å². The number of phenols is 1. The van der Waals surface area contributed by atoms with Crippen LogP contribution in [0.15, 0.2) is 72.8 Å². The number of rotatable bonds is 5. The van der Waals surface area contributed by atoms with Gasteiger partial charge in [-0.3, -0.25) is 4.79 Å². The van der Waals surface area contributed by atoms with Crippen LogP contribution in [0.3, 0.4) is 0 Å². The van der Waals surface area contributed by atoms with Gasteiger partial charge in [-0.15, -0.1) is 0 Å². The molecular formula is C27H27NO6. The predicted octanol–water partition coefficient (Wildman–Crippen LogP) is 3.08. The Hall–Kier alpha value is -3.23. The summed E-state index contributed by atoms with van der Waals surface area (Å²) in [6, 6.07) is 22.3. The first-order valence-electron chi connectivity index (χ1n) is 11.4. The van der Waals surface area contributed by atoms with Gasteiger partial charge in [-0.1, -0.05) is 54.6 Å². The Balaban J connectivity index is 1.34. The summed E-state index contributed by atoms with van der Waals surface area (Å²) < 4.78 is 5.75. The van der Waals surface area contributed by atoms with Gasteiger partial charge in [-0.2, -0.15) is 0 Å². The number of carbonyl (C=O) groups excluding carboxylic acids is 1. The van der Waals surface area contributed by atoms with Gasteiger partial charge in [0.1, 0.15) is 18.0 Å². The quantitative estimate of drug-likeness (QED) is 0.435. The van der Waals surface area contributed by atoms with E-state index >= 15 is 0 Å². The molecule has 0 saturated carbocycles. The molecule has 1 amide bonds. The van der Waals surface area contributed by atoms with Gasteiger partial charge >= 0.3 is 0 Å². The standard InChI is InChI=1S/C27H27NO6/c29-15-25-27(33)23(31)14-24(34-25)17-8-6-16(7-9-17)18-10-11-20(22(30)12-18)21-13-26(32)28(21)19-4-2-1-3-5-19/h1-12,21,23-25,27,29-31,33H,13-15H2/t21?,23?,24?,25?,27-/m0/s1. The molecule has 4 unspecified atom stereocenters. The van der Waals surface area contributed by atoms with Crippen LogP contribution >= 0.6 is 0 Å². The number of carbonyl (C=O) groups is 1. The highest BCUT2D eigenvalue weighted by atomic mass is 16.5. The van der Waals surface area contributed by atoms with E-state index in [4.69, 9.17) is 4.74 Å². The van der Waals surface area contributed by atoms with E-state index in [1.165, 1.54) is 0 Å². The summed E-state index contributed by atoms with van der Waals surface area (Å²) in [4.78, 5) is 14.0. The molecule has 2 fully saturated rings. The number of β-lactam (4-membered cyclic amide) rings is 1. The molecule has 34 heavy (non-hydrogen) atoms. The highest BCUT2D eigenvalue weighted by Gasteiger charge is 2.39. The number of ether oxygens (including phenoxy) is 1. The maximum Gasteiger partial charge on any atom is 0.230 e. The van der Waals surface area contributed by atoms with Crippen molar-refractivity contribution in [1.82, 2.24) is 0 Å². The lowest BCUT2D eigenvalue weighted by Crippen LogP contribution is -2.47. The zero-order valence-electron chi connectivity index (χ0n) is 18.5. The second-order valence-corrected chi connectivity index (χ2v) is 8.85. The van der Waals surface area contributed by atoms with Crippen LogP contribution in [-0.2, 0) is 9.53 Å². The Morgan fingerprint density at radius 2 is 1.65 bits per heavy atom. The molecule has 176 valence electrons. The van der Waals surface area contributed by atoms with Gasteiger partial charge in [0.05, 0.1) is 31.3 Å². The molecule has 2 aliphatic rings. The molecule has 2 aliphatic heterocycles. The van der Waals surface area contributed by atoms with Crippen molar-refractivity contribution in [1.29, 1.82) is 0 Å². The molecule has 2 saturated heterocycles. The lowest BCUT2D eigenvalue weighted by molar-refractivity contribution is -0.181. The molecule has 5 rings (SSSR count). The average molecular weight is 462 g/mol. The summed E-state index contributed by atoms with van der Waals surface area (Å²) >= 11 is 0. The largest absolute Gasteiger partial charge is 0.508 e. The van der Waals surface area contributed by atoms with Gasteiger partial charge in [0, 0.05) is 17.7 Å². The first kappa shape index (κ1) is 22.6. The van der Waals surface area contributed by atoms with Crippen molar-refractivity contribution >= 4 is 11.6 Å². The van der Waals surface area contributed by atoms with Crippen molar-refractivity contribution in [3.05, 3.63) is 83.9 Å². The Morgan fingerprint density at radius 1 is 0.941 bits per heavy atom. The maximum atomic E-state index is 12.2. The van der Waals surface area contributed by atoms with E-state index in [1.54, 1.807) is 11.0 Å². The maximum absolute atomic E-state index is 12.2. The lowest BCUT2D eigenvalue weighted by Gasteiger charge is -2.41. The van der Waals surface area contributed by atoms with E-state index in [-0.39, 0.29) is 30.7 Å². The van der Waals surface area contributed by atoms with E-state index in [2.05, 4.69) is 0 Å². The van der Waals surface area contributed by atoms with Gasteiger partial charge in [-0.25, -0.2) is 0 Å². The summed E-state index contributed by atoms with van der Waals surface area (Å²) in [6.45, 7) is -0.368. The SMILES string of the molecule is O=C1CC(c2ccc(-c3ccc(C4CC(O)[C@H](O)C(CO)O4)cc3)cc2O)N1c1ccccc1. The predicted molar refractivity (Wildman–Crippen MR) is 126 cm³/mol. The van der Waals surface area contributed by atoms with Crippen molar-refractivity contribution < 1.29 is 30.0 Å². The third kappa shape index (κ3) is 4.08. The topological polar surface area (TPSA) is 110 Å². The minimum atomic E-state index is -1.11. The summed E-state index contributed by atoms with van der Waals surface area (Å²) in [5.74, 6) is 0.166. The van der Waals surface area contributed by atoms with Crippen LogP contribution in [0.4, 0.5) is 5.69 Å². The molecule has 7 nitrogen and oxygen atoms in total. The summed E-state index contributed by atoms with van der Waals surface area (Å²) in [5.41, 5.74) is 4.08. The molecule has 0 aromatic heterocycles. The molecule has 0 spiro atoms. The monoisotopic (exact) mass is 461 g/mol. The highest BCUT2D eigenvalue weighted by Crippen LogP contribution is 2.43. The molecule has 0 bridgehead atoms. The van der Waals surface area contributed by atoms with Crippen LogP contribution in [0.25, 0.3) is 11.1 Å². The van der Waals surface area contributed by atoms with Gasteiger partial charge < -0.3 is 30.1 Å². The van der Waals surface area contributed by atoms with E-state index in [9.17, 15) is 25.2 Å². The van der Waals surface area contributed by atoms with Crippen LogP contribution in [0.1, 0.15) is 36.1 Å². The summed E-state index contributed by atoms with van der Waals surface area (Å²) in [7, 11) is 0. The van der Waals surface area contributed by atoms with Gasteiger partial charge in [0.2, 0.25) is 5.91 Å². The molecule has 5 atom stereocenters. The number of phenolic OH excluding ortho intramolecular Hbond substituents is 1. The summed E-state index contributed by atoms with van der Waals surface area (Å²) in [6.07, 6.45) is -2.73. The number of hydrogen-bond acceptors (Lipinski definition) is 6. The fourth-order valence-corrected chi connectivity index (χ4v) is 4.79. The minimum Gasteiger partial charge on any atom is -0.508 e. The lowest BCUT2D eigenvalue weighted by atomic mass is 9.90. The Bertz CT molecular complexity index is 1170. The third-order valence-corrected chi connectivity index (χ3v) is 6.74. The van der Waals surface area contributed by atoms with Crippen LogP contribution in [-0.4, -0.2) is 51.3 Å². The van der Waals surface area contributed by atoms with E-state index in [0.29, 0.717) is 12.0 Å². The van der Waals surface area contributed by atoms with Crippen LogP contribution < -0.4 is 4.90 Å². The Morgan fingerprint density at radius 3 is 2.29 bits per heavy atom. The Kier molecular flexibility index (Phi) is 6.10. The third-order valence-electron chi connectivity index (χ3n) is 6.74. The van der Waals surface area contributed by atoms with E-state index in [0.717, 1.165) is 22.4 Å². The average Bonchev–Trinajstić information content (AvgIpc) is 2.85. The first-order valence-corrected chi connectivity index (χ1v) is 11.4. The van der Waals surface area contributed by atoms with Crippen molar-refractivity contribution in [2.75, 3.05) is 11.5 Å². The number of benzene rings is 3. The number of anilines is 1. The fraction of sp³-hybridized carbons (Fsp3) is 0.296. The van der Waals surface area contributed by atoms with Crippen molar-refractivity contribution in [3.8, 4) is 16.9 Å². The summed E-state index contributed by atoms with van der Waals surface area (Å²) in [5, 5.41) is 40.2. The smallest absolute Gasteiger partial charge is 0.230 e. The molecule has 4 N–H and O–H groups in total. The molecule has 0 aliphatic carbocycles. The second-order valence-electron chi connectivity index (χ2n) is 8.85. The molecular weight excluding hydrogens is 434 g/mol.